The van der Waals surface area contributed by atoms with Crippen LogP contribution in [0.2, 0.25) is 0 Å². The largest absolute Gasteiger partial charge is 0.399 e. The van der Waals surface area contributed by atoms with Gasteiger partial charge in [-0.2, -0.15) is 0 Å². The number of hydrogen-bond acceptors (Lipinski definition) is 3. The third kappa shape index (κ3) is 1.56. The van der Waals surface area contributed by atoms with Crippen LogP contribution in [0.3, 0.4) is 0 Å². The van der Waals surface area contributed by atoms with Gasteiger partial charge >= 0.3 is 0 Å². The first-order valence-corrected chi connectivity index (χ1v) is 4.19. The summed E-state index contributed by atoms with van der Waals surface area (Å²) in [5, 5.41) is 5.93. The number of nitrogen functional groups attached to an aromatic ring is 1. The molecule has 68 valence electrons. The maximum Gasteiger partial charge on any atom is 0.226 e. The van der Waals surface area contributed by atoms with Gasteiger partial charge in [0.15, 0.2) is 0 Å². The van der Waals surface area contributed by atoms with Crippen LogP contribution in [0, 0.1) is 0 Å². The Morgan fingerprint density at radius 1 is 1.31 bits per heavy atom. The standard InChI is InChI=1S/C9H11N3O/c10-6-1-2-7-8(5-6)11-4-3-9(13)12-7/h1-2,5,11H,3-4,10H2,(H,12,13). The van der Waals surface area contributed by atoms with Crippen molar-refractivity contribution < 1.29 is 4.79 Å². The Morgan fingerprint density at radius 2 is 2.15 bits per heavy atom. The van der Waals surface area contributed by atoms with Gasteiger partial charge < -0.3 is 16.4 Å². The summed E-state index contributed by atoms with van der Waals surface area (Å²) in [6.45, 7) is 0.655. The van der Waals surface area contributed by atoms with E-state index in [1.807, 2.05) is 6.07 Å². The van der Waals surface area contributed by atoms with Crippen LogP contribution in [-0.2, 0) is 4.79 Å². The molecule has 0 spiro atoms. The minimum Gasteiger partial charge on any atom is -0.399 e. The molecule has 0 aromatic heterocycles. The molecule has 1 amide bonds. The Kier molecular flexibility index (Phi) is 1.81. The van der Waals surface area contributed by atoms with Crippen molar-refractivity contribution >= 4 is 23.0 Å². The molecular formula is C9H11N3O. The smallest absolute Gasteiger partial charge is 0.226 e. The SMILES string of the molecule is Nc1ccc2c(c1)NCCC(=O)N2. The number of carbonyl (C=O) groups excluding carboxylic acids is 1. The first-order chi connectivity index (χ1) is 6.25. The van der Waals surface area contributed by atoms with Crippen molar-refractivity contribution in [2.45, 2.75) is 6.42 Å². The number of amides is 1. The Bertz CT molecular complexity index is 349. The highest BCUT2D eigenvalue weighted by atomic mass is 16.1. The molecule has 0 bridgehead atoms. The first-order valence-electron chi connectivity index (χ1n) is 4.19. The molecule has 0 unspecified atom stereocenters. The number of carbonyl (C=O) groups is 1. The van der Waals surface area contributed by atoms with Crippen molar-refractivity contribution in [3.05, 3.63) is 18.2 Å². The van der Waals surface area contributed by atoms with Crippen LogP contribution >= 0.6 is 0 Å². The van der Waals surface area contributed by atoms with Crippen LogP contribution in [0.4, 0.5) is 17.1 Å². The van der Waals surface area contributed by atoms with Crippen LogP contribution in [0.15, 0.2) is 18.2 Å². The topological polar surface area (TPSA) is 67.1 Å². The average molecular weight is 177 g/mol. The first kappa shape index (κ1) is 7.91. The Hall–Kier alpha value is -1.71. The molecule has 4 N–H and O–H groups in total. The van der Waals surface area contributed by atoms with Crippen molar-refractivity contribution in [1.82, 2.24) is 0 Å². The Labute approximate surface area is 76.1 Å². The molecule has 0 saturated carbocycles. The number of nitrogens with two attached hydrogens (primary N) is 1. The third-order valence-corrected chi connectivity index (χ3v) is 1.99. The van der Waals surface area contributed by atoms with E-state index in [-0.39, 0.29) is 5.91 Å². The fourth-order valence-electron chi connectivity index (χ4n) is 1.34. The number of benzene rings is 1. The summed E-state index contributed by atoms with van der Waals surface area (Å²) in [4.78, 5) is 11.1. The van der Waals surface area contributed by atoms with E-state index in [0.717, 1.165) is 11.4 Å². The minimum atomic E-state index is 0.0380. The summed E-state index contributed by atoms with van der Waals surface area (Å²) < 4.78 is 0. The second kappa shape index (κ2) is 2.97. The lowest BCUT2D eigenvalue weighted by Gasteiger charge is -2.07. The number of anilines is 3. The van der Waals surface area contributed by atoms with E-state index in [4.69, 9.17) is 5.73 Å². The van der Waals surface area contributed by atoms with E-state index in [1.165, 1.54) is 0 Å². The zero-order valence-corrected chi connectivity index (χ0v) is 7.13. The quantitative estimate of drug-likeness (QED) is 0.518. The van der Waals surface area contributed by atoms with E-state index in [0.29, 0.717) is 18.7 Å². The molecule has 1 heterocycles. The lowest BCUT2D eigenvalue weighted by molar-refractivity contribution is -0.115. The van der Waals surface area contributed by atoms with Crippen molar-refractivity contribution in [2.75, 3.05) is 22.9 Å². The van der Waals surface area contributed by atoms with E-state index >= 15 is 0 Å². The number of rotatable bonds is 0. The van der Waals surface area contributed by atoms with E-state index in [9.17, 15) is 4.79 Å². The minimum absolute atomic E-state index is 0.0380. The third-order valence-electron chi connectivity index (χ3n) is 1.99. The van der Waals surface area contributed by atoms with E-state index in [2.05, 4.69) is 10.6 Å². The number of fused-ring (bicyclic) bond motifs is 1. The molecule has 1 aromatic rings. The highest BCUT2D eigenvalue weighted by molar-refractivity contribution is 5.96. The fourth-order valence-corrected chi connectivity index (χ4v) is 1.34. The molecule has 13 heavy (non-hydrogen) atoms. The van der Waals surface area contributed by atoms with Gasteiger partial charge in [0, 0.05) is 18.7 Å². The van der Waals surface area contributed by atoms with Gasteiger partial charge in [-0.25, -0.2) is 0 Å². The highest BCUT2D eigenvalue weighted by Gasteiger charge is 2.11. The zero-order chi connectivity index (χ0) is 9.26. The van der Waals surface area contributed by atoms with E-state index in [1.54, 1.807) is 12.1 Å². The lowest BCUT2D eigenvalue weighted by Crippen LogP contribution is -2.10. The predicted octanol–water partition coefficient (Wildman–Crippen LogP) is 1.02. The number of hydrogen-bond donors (Lipinski definition) is 3. The maximum absolute atomic E-state index is 11.1. The second-order valence-electron chi connectivity index (χ2n) is 3.03. The fraction of sp³-hybridized carbons (Fsp3) is 0.222. The summed E-state index contributed by atoms with van der Waals surface area (Å²) >= 11 is 0. The molecular weight excluding hydrogens is 166 g/mol. The van der Waals surface area contributed by atoms with Crippen molar-refractivity contribution in [1.29, 1.82) is 0 Å². The zero-order valence-electron chi connectivity index (χ0n) is 7.13. The Balaban J connectivity index is 2.40. The second-order valence-corrected chi connectivity index (χ2v) is 3.03. The van der Waals surface area contributed by atoms with Gasteiger partial charge in [-0.15, -0.1) is 0 Å². The van der Waals surface area contributed by atoms with Gasteiger partial charge in [0.2, 0.25) is 5.91 Å². The van der Waals surface area contributed by atoms with Gasteiger partial charge in [-0.1, -0.05) is 0 Å². The maximum atomic E-state index is 11.1. The molecule has 0 fully saturated rings. The van der Waals surface area contributed by atoms with Crippen LogP contribution < -0.4 is 16.4 Å². The van der Waals surface area contributed by atoms with Gasteiger partial charge in [-0.3, -0.25) is 4.79 Å². The van der Waals surface area contributed by atoms with Crippen LogP contribution in [0.5, 0.6) is 0 Å². The summed E-state index contributed by atoms with van der Waals surface area (Å²) in [6, 6.07) is 5.40. The summed E-state index contributed by atoms with van der Waals surface area (Å²) in [5.74, 6) is 0.0380. The van der Waals surface area contributed by atoms with Crippen molar-refractivity contribution in [3.8, 4) is 0 Å². The normalized spacial score (nSPS) is 15.2. The number of nitrogens with one attached hydrogen (secondary N) is 2. The van der Waals surface area contributed by atoms with Crippen LogP contribution in [-0.4, -0.2) is 12.5 Å². The Morgan fingerprint density at radius 3 is 3.00 bits per heavy atom. The van der Waals surface area contributed by atoms with Gasteiger partial charge in [-0.05, 0) is 18.2 Å². The molecule has 4 heteroatoms. The highest BCUT2D eigenvalue weighted by Crippen LogP contribution is 2.25. The van der Waals surface area contributed by atoms with Gasteiger partial charge in [0.1, 0.15) is 0 Å². The monoisotopic (exact) mass is 177 g/mol. The van der Waals surface area contributed by atoms with Crippen LogP contribution in [0.25, 0.3) is 0 Å². The molecule has 1 aliphatic rings. The van der Waals surface area contributed by atoms with Gasteiger partial charge in [0.25, 0.3) is 0 Å². The molecule has 0 aliphatic carbocycles. The predicted molar refractivity (Wildman–Crippen MR) is 52.6 cm³/mol. The average Bonchev–Trinajstić information content (AvgIpc) is 2.25. The molecule has 0 atom stereocenters. The van der Waals surface area contributed by atoms with Gasteiger partial charge in [0.05, 0.1) is 11.4 Å². The molecule has 2 rings (SSSR count). The molecule has 4 nitrogen and oxygen atoms in total. The summed E-state index contributed by atoms with van der Waals surface area (Å²) in [6.07, 6.45) is 0.495. The van der Waals surface area contributed by atoms with E-state index < -0.39 is 0 Å². The molecule has 1 aliphatic heterocycles. The molecule has 1 aromatic carbocycles. The lowest BCUT2D eigenvalue weighted by atomic mass is 10.2. The van der Waals surface area contributed by atoms with Crippen LogP contribution in [0.1, 0.15) is 6.42 Å². The van der Waals surface area contributed by atoms with Crippen molar-refractivity contribution in [3.63, 3.8) is 0 Å². The molecule has 0 saturated heterocycles. The summed E-state index contributed by atoms with van der Waals surface area (Å²) in [7, 11) is 0. The summed E-state index contributed by atoms with van der Waals surface area (Å²) in [5.41, 5.74) is 8.01. The van der Waals surface area contributed by atoms with Crippen molar-refractivity contribution in [2.24, 2.45) is 0 Å². The molecule has 0 radical (unpaired) electrons.